The summed E-state index contributed by atoms with van der Waals surface area (Å²) in [4.78, 5) is 0. The summed E-state index contributed by atoms with van der Waals surface area (Å²) in [6, 6.07) is 0. The Morgan fingerprint density at radius 1 is 1.00 bits per heavy atom. The molecule has 3 aliphatic rings. The smallest absolute Gasteiger partial charge is 0.00125 e. The quantitative estimate of drug-likeness (QED) is 0.494. The Balaban J connectivity index is 2.46. The summed E-state index contributed by atoms with van der Waals surface area (Å²) < 4.78 is 0. The lowest BCUT2D eigenvalue weighted by atomic mass is 9.56. The number of hydrogen-bond acceptors (Lipinski definition) is 0. The van der Waals surface area contributed by atoms with Crippen molar-refractivity contribution in [3.8, 4) is 0 Å². The Labute approximate surface area is 94.5 Å². The van der Waals surface area contributed by atoms with E-state index >= 15 is 0 Å². The largest absolute Gasteiger partial charge is 0.0766 e. The van der Waals surface area contributed by atoms with Crippen LogP contribution in [-0.2, 0) is 0 Å². The minimum atomic E-state index is 0.577. The van der Waals surface area contributed by atoms with E-state index in [2.05, 4.69) is 34.6 Å². The highest BCUT2D eigenvalue weighted by Crippen LogP contribution is 2.56. The van der Waals surface area contributed by atoms with E-state index in [0.29, 0.717) is 5.41 Å². The monoisotopic (exact) mass is 204 g/mol. The third-order valence-electron chi connectivity index (χ3n) is 4.40. The van der Waals surface area contributed by atoms with Gasteiger partial charge in [0.1, 0.15) is 0 Å². The molecule has 0 aromatic heterocycles. The molecule has 0 atom stereocenters. The molecule has 0 aromatic carbocycles. The lowest BCUT2D eigenvalue weighted by Crippen LogP contribution is -2.36. The molecule has 2 bridgehead atoms. The van der Waals surface area contributed by atoms with Gasteiger partial charge < -0.3 is 0 Å². The predicted octanol–water partition coefficient (Wildman–Crippen LogP) is 4.87. The number of fused-ring (bicyclic) bond motifs is 3. The molecule has 0 spiro atoms. The van der Waals surface area contributed by atoms with Crippen molar-refractivity contribution < 1.29 is 0 Å². The highest BCUT2D eigenvalue weighted by atomic mass is 14.5. The minimum absolute atomic E-state index is 0.577. The van der Waals surface area contributed by atoms with Crippen molar-refractivity contribution >= 4 is 0 Å². The van der Waals surface area contributed by atoms with Gasteiger partial charge in [0.15, 0.2) is 0 Å². The molecule has 0 aliphatic heterocycles. The van der Waals surface area contributed by atoms with Crippen molar-refractivity contribution in [1.82, 2.24) is 0 Å². The molecule has 0 unspecified atom stereocenters. The standard InChI is InChI=1S/C15H24/c1-10(2)13-8-15(5)7-6-12(13)14(9-15)11(3)4/h12H,6-9H2,1-5H3. The Kier molecular flexibility index (Phi) is 2.56. The van der Waals surface area contributed by atoms with Crippen molar-refractivity contribution in [3.05, 3.63) is 22.3 Å². The minimum Gasteiger partial charge on any atom is -0.0766 e. The zero-order valence-corrected chi connectivity index (χ0v) is 10.9. The molecular weight excluding hydrogens is 180 g/mol. The maximum atomic E-state index is 2.48. The van der Waals surface area contributed by atoms with Crippen LogP contribution in [0.3, 0.4) is 0 Å². The van der Waals surface area contributed by atoms with Crippen LogP contribution in [0.2, 0.25) is 0 Å². The van der Waals surface area contributed by atoms with Crippen molar-refractivity contribution in [3.63, 3.8) is 0 Å². The maximum absolute atomic E-state index is 2.48. The van der Waals surface area contributed by atoms with Crippen LogP contribution in [0.25, 0.3) is 0 Å². The first-order chi connectivity index (χ1) is 6.93. The van der Waals surface area contributed by atoms with Crippen LogP contribution < -0.4 is 0 Å². The van der Waals surface area contributed by atoms with E-state index < -0.39 is 0 Å². The zero-order valence-electron chi connectivity index (χ0n) is 10.9. The van der Waals surface area contributed by atoms with Gasteiger partial charge in [-0.15, -0.1) is 0 Å². The predicted molar refractivity (Wildman–Crippen MR) is 66.8 cm³/mol. The molecule has 0 nitrogen and oxygen atoms in total. The average Bonchev–Trinajstić information content (AvgIpc) is 2.16. The van der Waals surface area contributed by atoms with Crippen molar-refractivity contribution in [2.75, 3.05) is 0 Å². The van der Waals surface area contributed by atoms with Gasteiger partial charge in [-0.05, 0) is 58.8 Å². The van der Waals surface area contributed by atoms with Gasteiger partial charge in [-0.25, -0.2) is 0 Å². The normalized spacial score (nSPS) is 34.6. The summed E-state index contributed by atoms with van der Waals surface area (Å²) >= 11 is 0. The first kappa shape index (κ1) is 11.0. The van der Waals surface area contributed by atoms with Crippen LogP contribution in [0.1, 0.15) is 60.3 Å². The lowest BCUT2D eigenvalue weighted by molar-refractivity contribution is 0.179. The molecule has 0 heterocycles. The van der Waals surface area contributed by atoms with E-state index in [9.17, 15) is 0 Å². The average molecular weight is 204 g/mol. The van der Waals surface area contributed by atoms with Gasteiger partial charge >= 0.3 is 0 Å². The van der Waals surface area contributed by atoms with Crippen LogP contribution >= 0.6 is 0 Å². The summed E-state index contributed by atoms with van der Waals surface area (Å²) in [6.07, 6.45) is 5.55. The zero-order chi connectivity index (χ0) is 11.2. The molecule has 3 aliphatic carbocycles. The van der Waals surface area contributed by atoms with Crippen LogP contribution in [0.5, 0.6) is 0 Å². The van der Waals surface area contributed by atoms with Crippen molar-refractivity contribution in [2.24, 2.45) is 11.3 Å². The fourth-order valence-electron chi connectivity index (χ4n) is 3.51. The van der Waals surface area contributed by atoms with E-state index in [-0.39, 0.29) is 0 Å². The third kappa shape index (κ3) is 1.79. The van der Waals surface area contributed by atoms with E-state index in [1.54, 1.807) is 22.3 Å². The molecule has 0 N–H and O–H groups in total. The molecule has 3 fully saturated rings. The van der Waals surface area contributed by atoms with Crippen LogP contribution in [-0.4, -0.2) is 0 Å². The summed E-state index contributed by atoms with van der Waals surface area (Å²) in [6.45, 7) is 11.7. The van der Waals surface area contributed by atoms with E-state index in [1.165, 1.54) is 25.7 Å². The van der Waals surface area contributed by atoms with Gasteiger partial charge in [0.05, 0.1) is 0 Å². The second kappa shape index (κ2) is 3.50. The Bertz CT molecular complexity index is 305. The summed E-state index contributed by atoms with van der Waals surface area (Å²) in [5, 5.41) is 0. The van der Waals surface area contributed by atoms with Crippen molar-refractivity contribution in [1.29, 1.82) is 0 Å². The molecule has 0 saturated heterocycles. The first-order valence-electron chi connectivity index (χ1n) is 6.25. The van der Waals surface area contributed by atoms with E-state index in [4.69, 9.17) is 0 Å². The van der Waals surface area contributed by atoms with E-state index in [1.807, 2.05) is 0 Å². The van der Waals surface area contributed by atoms with Gasteiger partial charge in [-0.2, -0.15) is 0 Å². The molecule has 0 amide bonds. The maximum Gasteiger partial charge on any atom is 0.00125 e. The second-order valence-electron chi connectivity index (χ2n) is 6.31. The third-order valence-corrected chi connectivity index (χ3v) is 4.40. The lowest BCUT2D eigenvalue weighted by Gasteiger charge is -2.49. The Morgan fingerprint density at radius 2 is 1.47 bits per heavy atom. The van der Waals surface area contributed by atoms with Crippen LogP contribution in [0.4, 0.5) is 0 Å². The van der Waals surface area contributed by atoms with Crippen LogP contribution in [0.15, 0.2) is 22.3 Å². The number of allylic oxidation sites excluding steroid dienone is 4. The Hall–Kier alpha value is -0.520. The second-order valence-corrected chi connectivity index (χ2v) is 6.31. The topological polar surface area (TPSA) is 0 Å². The summed E-state index contributed by atoms with van der Waals surface area (Å²) in [5.41, 5.74) is 7.24. The van der Waals surface area contributed by atoms with Gasteiger partial charge in [-0.1, -0.05) is 29.2 Å². The van der Waals surface area contributed by atoms with Gasteiger partial charge in [0.2, 0.25) is 0 Å². The highest BCUT2D eigenvalue weighted by molar-refractivity contribution is 5.35. The molecule has 84 valence electrons. The van der Waals surface area contributed by atoms with E-state index in [0.717, 1.165) is 5.92 Å². The Morgan fingerprint density at radius 3 is 1.80 bits per heavy atom. The molecule has 3 rings (SSSR count). The molecule has 15 heavy (non-hydrogen) atoms. The van der Waals surface area contributed by atoms with Gasteiger partial charge in [0.25, 0.3) is 0 Å². The summed E-state index contributed by atoms with van der Waals surface area (Å²) in [5.74, 6) is 0.807. The number of rotatable bonds is 0. The molecule has 3 saturated carbocycles. The SMILES string of the molecule is CC(C)=C1CC2(C)CCC1C(=C(C)C)C2. The fraction of sp³-hybridized carbons (Fsp3) is 0.733. The van der Waals surface area contributed by atoms with Gasteiger partial charge in [0, 0.05) is 5.92 Å². The van der Waals surface area contributed by atoms with Crippen LogP contribution in [0, 0.1) is 11.3 Å². The van der Waals surface area contributed by atoms with Gasteiger partial charge in [-0.3, -0.25) is 0 Å². The fourth-order valence-corrected chi connectivity index (χ4v) is 3.51. The highest BCUT2D eigenvalue weighted by Gasteiger charge is 2.42. The number of hydrogen-bond donors (Lipinski definition) is 0. The first-order valence-corrected chi connectivity index (χ1v) is 6.25. The molecular formula is C15H24. The van der Waals surface area contributed by atoms with Crippen molar-refractivity contribution in [2.45, 2.75) is 60.3 Å². The molecule has 0 radical (unpaired) electrons. The molecule has 0 heteroatoms. The summed E-state index contributed by atoms with van der Waals surface area (Å²) in [7, 11) is 0. The molecule has 0 aromatic rings.